The van der Waals surface area contributed by atoms with Crippen molar-refractivity contribution in [3.8, 4) is 0 Å². The lowest BCUT2D eigenvalue weighted by Gasteiger charge is -2.13. The molecule has 1 unspecified atom stereocenters. The van der Waals surface area contributed by atoms with Crippen molar-refractivity contribution in [2.75, 3.05) is 13.7 Å². The van der Waals surface area contributed by atoms with Gasteiger partial charge in [0.25, 0.3) is 5.91 Å². The number of methoxy groups -OCH3 is 1. The van der Waals surface area contributed by atoms with E-state index in [1.807, 2.05) is 6.92 Å². The zero-order valence-electron chi connectivity index (χ0n) is 12.1. The summed E-state index contributed by atoms with van der Waals surface area (Å²) in [6.45, 7) is 5.55. The number of rotatable bonds is 5. The number of ether oxygens (including phenoxy) is 1. The molecule has 1 amide bonds. The second kappa shape index (κ2) is 6.34. The smallest absolute Gasteiger partial charge is 0.251 e. The van der Waals surface area contributed by atoms with Crippen LogP contribution >= 0.6 is 0 Å². The summed E-state index contributed by atoms with van der Waals surface area (Å²) < 4.78 is 28.1. The van der Waals surface area contributed by atoms with E-state index in [1.165, 1.54) is 6.07 Å². The highest BCUT2D eigenvalue weighted by molar-refractivity contribution is 7.89. The lowest BCUT2D eigenvalue weighted by Crippen LogP contribution is -2.31. The SMILES string of the molecule is COC(C)CNC(=O)c1cc(C)c(C)c(S(N)(=O)=O)c1. The van der Waals surface area contributed by atoms with Crippen LogP contribution in [0.25, 0.3) is 0 Å². The lowest BCUT2D eigenvalue weighted by molar-refractivity contribution is 0.0870. The number of hydrogen-bond acceptors (Lipinski definition) is 4. The number of nitrogens with two attached hydrogens (primary N) is 1. The van der Waals surface area contributed by atoms with Gasteiger partial charge in [0.2, 0.25) is 10.0 Å². The Kier molecular flexibility index (Phi) is 5.27. The molecule has 0 heterocycles. The molecule has 1 atom stereocenters. The summed E-state index contributed by atoms with van der Waals surface area (Å²) in [4.78, 5) is 12.0. The van der Waals surface area contributed by atoms with Crippen molar-refractivity contribution in [3.05, 3.63) is 28.8 Å². The molecule has 0 fully saturated rings. The molecular formula is C13H20N2O4S. The van der Waals surface area contributed by atoms with Crippen molar-refractivity contribution in [3.63, 3.8) is 0 Å². The van der Waals surface area contributed by atoms with Crippen molar-refractivity contribution in [2.24, 2.45) is 5.14 Å². The molecule has 0 radical (unpaired) electrons. The molecule has 7 heteroatoms. The molecule has 0 aliphatic heterocycles. The monoisotopic (exact) mass is 300 g/mol. The van der Waals surface area contributed by atoms with Gasteiger partial charge in [0.05, 0.1) is 11.0 Å². The average molecular weight is 300 g/mol. The zero-order valence-corrected chi connectivity index (χ0v) is 12.9. The summed E-state index contributed by atoms with van der Waals surface area (Å²) >= 11 is 0. The van der Waals surface area contributed by atoms with Gasteiger partial charge >= 0.3 is 0 Å². The molecule has 1 aromatic carbocycles. The Morgan fingerprint density at radius 1 is 1.40 bits per heavy atom. The average Bonchev–Trinajstić information content (AvgIpc) is 2.36. The first-order valence-electron chi connectivity index (χ1n) is 6.12. The fraction of sp³-hybridized carbons (Fsp3) is 0.462. The minimum absolute atomic E-state index is 0.0255. The van der Waals surface area contributed by atoms with Gasteiger partial charge in [-0.3, -0.25) is 4.79 Å². The number of carbonyl (C=O) groups excluding carboxylic acids is 1. The van der Waals surface area contributed by atoms with Crippen LogP contribution in [-0.4, -0.2) is 34.1 Å². The maximum absolute atomic E-state index is 12.0. The van der Waals surface area contributed by atoms with E-state index in [4.69, 9.17) is 9.88 Å². The van der Waals surface area contributed by atoms with E-state index >= 15 is 0 Å². The molecule has 1 aromatic rings. The van der Waals surface area contributed by atoms with E-state index in [2.05, 4.69) is 5.32 Å². The number of hydrogen-bond donors (Lipinski definition) is 2. The molecular weight excluding hydrogens is 280 g/mol. The van der Waals surface area contributed by atoms with Crippen molar-refractivity contribution in [1.82, 2.24) is 5.32 Å². The molecule has 0 saturated carbocycles. The van der Waals surface area contributed by atoms with Crippen molar-refractivity contribution in [1.29, 1.82) is 0 Å². The first-order chi connectivity index (χ1) is 9.16. The van der Waals surface area contributed by atoms with Crippen LogP contribution in [0, 0.1) is 13.8 Å². The van der Waals surface area contributed by atoms with Crippen LogP contribution in [0.3, 0.4) is 0 Å². The highest BCUT2D eigenvalue weighted by Crippen LogP contribution is 2.20. The third kappa shape index (κ3) is 4.03. The molecule has 0 aliphatic carbocycles. The second-order valence-electron chi connectivity index (χ2n) is 4.72. The van der Waals surface area contributed by atoms with E-state index in [1.54, 1.807) is 27.0 Å². The third-order valence-electron chi connectivity index (χ3n) is 3.14. The number of benzene rings is 1. The van der Waals surface area contributed by atoms with Gasteiger partial charge in [0.15, 0.2) is 0 Å². The molecule has 6 nitrogen and oxygen atoms in total. The number of amides is 1. The number of nitrogens with one attached hydrogen (secondary N) is 1. The van der Waals surface area contributed by atoms with Gasteiger partial charge in [-0.1, -0.05) is 0 Å². The predicted molar refractivity (Wildman–Crippen MR) is 76.1 cm³/mol. The van der Waals surface area contributed by atoms with E-state index in [0.29, 0.717) is 17.7 Å². The summed E-state index contributed by atoms with van der Waals surface area (Å²) in [5.74, 6) is -0.359. The summed E-state index contributed by atoms with van der Waals surface area (Å²) in [7, 11) is -2.31. The number of carbonyl (C=O) groups is 1. The first-order valence-corrected chi connectivity index (χ1v) is 7.66. The molecule has 0 aliphatic rings. The third-order valence-corrected chi connectivity index (χ3v) is 4.18. The fourth-order valence-corrected chi connectivity index (χ4v) is 2.55. The molecule has 3 N–H and O–H groups in total. The lowest BCUT2D eigenvalue weighted by atomic mass is 10.1. The topological polar surface area (TPSA) is 98.5 Å². The maximum atomic E-state index is 12.0. The molecule has 20 heavy (non-hydrogen) atoms. The van der Waals surface area contributed by atoms with Gasteiger partial charge in [-0.05, 0) is 44.0 Å². The van der Waals surface area contributed by atoms with Crippen molar-refractivity contribution >= 4 is 15.9 Å². The normalized spacial score (nSPS) is 13.1. The summed E-state index contributed by atoms with van der Waals surface area (Å²) in [6, 6.07) is 2.93. The van der Waals surface area contributed by atoms with Crippen LogP contribution in [-0.2, 0) is 14.8 Å². The van der Waals surface area contributed by atoms with Gasteiger partial charge in [0.1, 0.15) is 0 Å². The summed E-state index contributed by atoms with van der Waals surface area (Å²) in [6.07, 6.45) is -0.122. The first kappa shape index (κ1) is 16.6. The molecule has 0 aromatic heterocycles. The fourth-order valence-electron chi connectivity index (χ4n) is 1.68. The number of aryl methyl sites for hydroxylation is 1. The highest BCUT2D eigenvalue weighted by atomic mass is 32.2. The van der Waals surface area contributed by atoms with Crippen LogP contribution < -0.4 is 10.5 Å². The van der Waals surface area contributed by atoms with Crippen LogP contribution in [0.5, 0.6) is 0 Å². The van der Waals surface area contributed by atoms with Crippen LogP contribution in [0.15, 0.2) is 17.0 Å². The Labute approximate surface area is 119 Å². The number of sulfonamides is 1. The van der Waals surface area contributed by atoms with Crippen molar-refractivity contribution < 1.29 is 17.9 Å². The maximum Gasteiger partial charge on any atom is 0.251 e. The zero-order chi connectivity index (χ0) is 15.5. The number of primary sulfonamides is 1. The van der Waals surface area contributed by atoms with Crippen molar-refractivity contribution in [2.45, 2.75) is 31.8 Å². The van der Waals surface area contributed by atoms with Gasteiger partial charge in [-0.2, -0.15) is 0 Å². The minimum atomic E-state index is -3.85. The quantitative estimate of drug-likeness (QED) is 0.837. The Bertz CT molecular complexity index is 611. The van der Waals surface area contributed by atoms with Crippen LogP contribution in [0.2, 0.25) is 0 Å². The Balaban J connectivity index is 3.09. The standard InChI is InChI=1S/C13H20N2O4S/c1-8-5-11(13(16)15-7-9(2)19-4)6-12(10(8)3)20(14,17)18/h5-6,9H,7H2,1-4H3,(H,15,16)(H2,14,17,18). The van der Waals surface area contributed by atoms with E-state index in [-0.39, 0.29) is 22.5 Å². The molecule has 0 saturated heterocycles. The summed E-state index contributed by atoms with van der Waals surface area (Å²) in [5, 5.41) is 7.84. The highest BCUT2D eigenvalue weighted by Gasteiger charge is 2.17. The van der Waals surface area contributed by atoms with E-state index in [9.17, 15) is 13.2 Å². The molecule has 0 bridgehead atoms. The summed E-state index contributed by atoms with van der Waals surface area (Å²) in [5.41, 5.74) is 1.51. The predicted octanol–water partition coefficient (Wildman–Crippen LogP) is 0.716. The van der Waals surface area contributed by atoms with Gasteiger partial charge in [0, 0.05) is 19.2 Å². The van der Waals surface area contributed by atoms with Gasteiger partial charge < -0.3 is 10.1 Å². The molecule has 112 valence electrons. The largest absolute Gasteiger partial charge is 0.380 e. The van der Waals surface area contributed by atoms with E-state index < -0.39 is 10.0 Å². The van der Waals surface area contributed by atoms with E-state index in [0.717, 1.165) is 0 Å². The Hall–Kier alpha value is -1.44. The Morgan fingerprint density at radius 2 is 2.00 bits per heavy atom. The minimum Gasteiger partial charge on any atom is -0.380 e. The van der Waals surface area contributed by atoms with Crippen LogP contribution in [0.4, 0.5) is 0 Å². The molecule has 0 spiro atoms. The Morgan fingerprint density at radius 3 is 2.50 bits per heavy atom. The van der Waals surface area contributed by atoms with Gasteiger partial charge in [-0.15, -0.1) is 0 Å². The van der Waals surface area contributed by atoms with Gasteiger partial charge in [-0.25, -0.2) is 13.6 Å². The molecule has 1 rings (SSSR count). The van der Waals surface area contributed by atoms with Crippen LogP contribution in [0.1, 0.15) is 28.4 Å². The second-order valence-corrected chi connectivity index (χ2v) is 6.25.